The highest BCUT2D eigenvalue weighted by Gasteiger charge is 2.45. The molecule has 2 aromatic rings. The molecule has 3 rings (SSSR count). The van der Waals surface area contributed by atoms with Crippen molar-refractivity contribution in [1.82, 2.24) is 19.5 Å². The lowest BCUT2D eigenvalue weighted by molar-refractivity contribution is -0.0397. The van der Waals surface area contributed by atoms with E-state index in [0.717, 1.165) is 38.6 Å². The topological polar surface area (TPSA) is 134 Å². The maximum absolute atomic E-state index is 10.8. The van der Waals surface area contributed by atoms with Crippen molar-refractivity contribution in [3.05, 3.63) is 12.7 Å². The molecule has 0 spiro atoms. The molecule has 5 N–H and O–H groups in total. The first kappa shape index (κ1) is 19.0. The van der Waals surface area contributed by atoms with Gasteiger partial charge in [-0.2, -0.15) is 0 Å². The quantitative estimate of drug-likeness (QED) is 0.561. The molecule has 4 atom stereocenters. The van der Waals surface area contributed by atoms with Crippen molar-refractivity contribution >= 4 is 17.0 Å². The average Bonchev–Trinajstić information content (AvgIpc) is 3.20. The van der Waals surface area contributed by atoms with Gasteiger partial charge in [0.2, 0.25) is 0 Å². The van der Waals surface area contributed by atoms with E-state index in [4.69, 9.17) is 20.9 Å². The first-order valence-electron chi connectivity index (χ1n) is 9.25. The molecule has 1 aliphatic rings. The van der Waals surface area contributed by atoms with E-state index in [2.05, 4.69) is 15.0 Å². The fraction of sp³-hybridized carbons (Fsp3) is 0.706. The molecule has 144 valence electrons. The predicted molar refractivity (Wildman–Crippen MR) is 97.2 cm³/mol. The van der Waals surface area contributed by atoms with Crippen LogP contribution in [-0.4, -0.2) is 56.1 Å². The van der Waals surface area contributed by atoms with E-state index in [-0.39, 0.29) is 12.2 Å². The number of unbranched alkanes of at least 4 members (excludes halogenated alkanes) is 3. The summed E-state index contributed by atoms with van der Waals surface area (Å²) in [6, 6.07) is 0. The van der Waals surface area contributed by atoms with E-state index >= 15 is 0 Å². The second kappa shape index (κ2) is 8.72. The molecule has 26 heavy (non-hydrogen) atoms. The van der Waals surface area contributed by atoms with E-state index in [0.29, 0.717) is 23.6 Å². The van der Waals surface area contributed by atoms with Gasteiger partial charge in [-0.15, -0.1) is 0 Å². The van der Waals surface area contributed by atoms with Gasteiger partial charge in [0.1, 0.15) is 24.1 Å². The fourth-order valence-corrected chi connectivity index (χ4v) is 3.36. The molecular weight excluding hydrogens is 336 g/mol. The first-order chi connectivity index (χ1) is 12.7. The molecule has 1 fully saturated rings. The van der Waals surface area contributed by atoms with Gasteiger partial charge in [-0.05, 0) is 25.8 Å². The summed E-state index contributed by atoms with van der Waals surface area (Å²) < 4.78 is 13.7. The van der Waals surface area contributed by atoms with Gasteiger partial charge in [0.05, 0.1) is 12.4 Å². The molecule has 0 bridgehead atoms. The van der Waals surface area contributed by atoms with E-state index in [1.54, 1.807) is 10.9 Å². The van der Waals surface area contributed by atoms with Crippen LogP contribution in [0, 0.1) is 0 Å². The number of anilines is 1. The summed E-state index contributed by atoms with van der Waals surface area (Å²) in [6.07, 6.45) is 5.88. The van der Waals surface area contributed by atoms with Crippen molar-refractivity contribution in [3.63, 3.8) is 0 Å². The minimum Gasteiger partial charge on any atom is -0.386 e. The number of fused-ring (bicyclic) bond motifs is 1. The van der Waals surface area contributed by atoms with Crippen LogP contribution in [0.4, 0.5) is 5.82 Å². The minimum absolute atomic E-state index is 0.185. The molecule has 0 saturated carbocycles. The maximum atomic E-state index is 10.8. The maximum Gasteiger partial charge on any atom is 0.167 e. The standard InChI is InChI=1S/C17H28N6O3/c1-2-11-14(25-8-6-4-3-5-7-18)13(24)17(26-11)23-10-22-12-15(19)20-9-21-16(12)23/h9-11,13-14,17,24H,2-8,18H2,1H3,(H2,19,20,21)/t11-,13+,14?,17-/m1/s1. The number of nitrogens with two attached hydrogens (primary N) is 2. The van der Waals surface area contributed by atoms with Gasteiger partial charge in [0, 0.05) is 6.61 Å². The molecule has 0 amide bonds. The largest absolute Gasteiger partial charge is 0.386 e. The lowest BCUT2D eigenvalue weighted by atomic mass is 10.1. The number of nitrogen functional groups attached to an aromatic ring is 1. The van der Waals surface area contributed by atoms with Crippen LogP contribution < -0.4 is 11.5 Å². The molecule has 9 heteroatoms. The second-order valence-corrected chi connectivity index (χ2v) is 6.59. The van der Waals surface area contributed by atoms with Gasteiger partial charge in [-0.25, -0.2) is 15.0 Å². The fourth-order valence-electron chi connectivity index (χ4n) is 3.36. The van der Waals surface area contributed by atoms with Gasteiger partial charge in [-0.1, -0.05) is 19.8 Å². The van der Waals surface area contributed by atoms with Crippen LogP contribution in [0.25, 0.3) is 11.2 Å². The number of hydrogen-bond acceptors (Lipinski definition) is 8. The molecule has 1 aliphatic heterocycles. The van der Waals surface area contributed by atoms with Gasteiger partial charge in [0.15, 0.2) is 17.7 Å². The Kier molecular flexibility index (Phi) is 6.36. The molecule has 9 nitrogen and oxygen atoms in total. The summed E-state index contributed by atoms with van der Waals surface area (Å²) in [5.74, 6) is 0.304. The number of aromatic nitrogens is 4. The van der Waals surface area contributed by atoms with Gasteiger partial charge < -0.3 is 26.0 Å². The summed E-state index contributed by atoms with van der Waals surface area (Å²) in [7, 11) is 0. The summed E-state index contributed by atoms with van der Waals surface area (Å²) >= 11 is 0. The van der Waals surface area contributed by atoms with Crippen LogP contribution in [0.1, 0.15) is 45.3 Å². The minimum atomic E-state index is -0.808. The molecule has 0 aromatic carbocycles. The number of hydrogen-bond donors (Lipinski definition) is 3. The highest BCUT2D eigenvalue weighted by molar-refractivity contribution is 5.81. The Morgan fingerprint density at radius 2 is 2.04 bits per heavy atom. The summed E-state index contributed by atoms with van der Waals surface area (Å²) in [5.41, 5.74) is 12.4. The number of aliphatic hydroxyl groups is 1. The van der Waals surface area contributed by atoms with Crippen molar-refractivity contribution in [3.8, 4) is 0 Å². The Morgan fingerprint density at radius 1 is 1.23 bits per heavy atom. The predicted octanol–water partition coefficient (Wildman–Crippen LogP) is 0.981. The molecular formula is C17H28N6O3. The van der Waals surface area contributed by atoms with Crippen LogP contribution in [-0.2, 0) is 9.47 Å². The summed E-state index contributed by atoms with van der Waals surface area (Å²) in [6.45, 7) is 3.34. The van der Waals surface area contributed by atoms with Crippen molar-refractivity contribution in [2.45, 2.75) is 63.6 Å². The van der Waals surface area contributed by atoms with Crippen molar-refractivity contribution < 1.29 is 14.6 Å². The van der Waals surface area contributed by atoms with Gasteiger partial charge >= 0.3 is 0 Å². The number of aliphatic hydroxyl groups excluding tert-OH is 1. The molecule has 3 heterocycles. The summed E-state index contributed by atoms with van der Waals surface area (Å²) in [5, 5.41) is 10.8. The van der Waals surface area contributed by atoms with E-state index in [1.807, 2.05) is 6.92 Å². The smallest absolute Gasteiger partial charge is 0.167 e. The zero-order valence-corrected chi connectivity index (χ0v) is 15.1. The zero-order chi connectivity index (χ0) is 18.5. The number of rotatable bonds is 9. The third kappa shape index (κ3) is 3.80. The number of ether oxygens (including phenoxy) is 2. The van der Waals surface area contributed by atoms with Crippen LogP contribution in [0.15, 0.2) is 12.7 Å². The molecule has 0 radical (unpaired) electrons. The lowest BCUT2D eigenvalue weighted by Crippen LogP contribution is -2.34. The highest BCUT2D eigenvalue weighted by Crippen LogP contribution is 2.34. The van der Waals surface area contributed by atoms with Gasteiger partial charge in [-0.3, -0.25) is 4.57 Å². The zero-order valence-electron chi connectivity index (χ0n) is 15.1. The Hall–Kier alpha value is -1.81. The third-order valence-corrected chi connectivity index (χ3v) is 4.78. The van der Waals surface area contributed by atoms with Crippen molar-refractivity contribution in [2.75, 3.05) is 18.9 Å². The number of nitrogens with zero attached hydrogens (tertiary/aromatic N) is 4. The van der Waals surface area contributed by atoms with Crippen LogP contribution >= 0.6 is 0 Å². The van der Waals surface area contributed by atoms with Crippen LogP contribution in [0.3, 0.4) is 0 Å². The van der Waals surface area contributed by atoms with E-state index in [9.17, 15) is 5.11 Å². The van der Waals surface area contributed by atoms with Crippen LogP contribution in [0.5, 0.6) is 0 Å². The third-order valence-electron chi connectivity index (χ3n) is 4.78. The Morgan fingerprint density at radius 3 is 2.81 bits per heavy atom. The number of imidazole rings is 1. The molecule has 1 saturated heterocycles. The molecule has 1 unspecified atom stereocenters. The molecule has 2 aromatic heterocycles. The first-order valence-corrected chi connectivity index (χ1v) is 9.25. The average molecular weight is 364 g/mol. The highest BCUT2D eigenvalue weighted by atomic mass is 16.6. The van der Waals surface area contributed by atoms with E-state index < -0.39 is 12.3 Å². The Labute approximate surface area is 152 Å². The van der Waals surface area contributed by atoms with Crippen LogP contribution in [0.2, 0.25) is 0 Å². The summed E-state index contributed by atoms with van der Waals surface area (Å²) in [4.78, 5) is 12.4. The molecule has 0 aliphatic carbocycles. The van der Waals surface area contributed by atoms with Crippen molar-refractivity contribution in [1.29, 1.82) is 0 Å². The second-order valence-electron chi connectivity index (χ2n) is 6.59. The Balaban J connectivity index is 1.67. The Bertz CT molecular complexity index is 709. The van der Waals surface area contributed by atoms with Gasteiger partial charge in [0.25, 0.3) is 0 Å². The lowest BCUT2D eigenvalue weighted by Gasteiger charge is -2.20. The SMILES string of the molecule is CC[C@H]1O[C@@H](n2cnc3c(N)ncnc32)[C@@H](O)C1OCCCCCCN. The van der Waals surface area contributed by atoms with Crippen molar-refractivity contribution in [2.24, 2.45) is 5.73 Å². The normalized spacial score (nSPS) is 26.0. The monoisotopic (exact) mass is 364 g/mol. The van der Waals surface area contributed by atoms with E-state index in [1.165, 1.54) is 6.33 Å².